The summed E-state index contributed by atoms with van der Waals surface area (Å²) >= 11 is 0. The summed E-state index contributed by atoms with van der Waals surface area (Å²) in [6.07, 6.45) is 5.25. The van der Waals surface area contributed by atoms with Gasteiger partial charge in [0.25, 0.3) is 0 Å². The molecule has 1 saturated heterocycles. The molecule has 0 unspecified atom stereocenters. The Labute approximate surface area is 126 Å². The van der Waals surface area contributed by atoms with Crippen molar-refractivity contribution in [1.82, 2.24) is 10.6 Å². The predicted octanol–water partition coefficient (Wildman–Crippen LogP) is 2.40. The highest BCUT2D eigenvalue weighted by Gasteiger charge is 2.45. The number of carbonyl (C=O) groups excluding carboxylic acids is 1. The highest BCUT2D eigenvalue weighted by molar-refractivity contribution is 5.89. The fourth-order valence-electron chi connectivity index (χ4n) is 3.22. The Kier molecular flexibility index (Phi) is 5.06. The van der Waals surface area contributed by atoms with Crippen LogP contribution in [0.5, 0.6) is 0 Å². The van der Waals surface area contributed by atoms with Crippen molar-refractivity contribution < 1.29 is 4.79 Å². The molecule has 2 N–H and O–H groups in total. The maximum atomic E-state index is 12.7. The van der Waals surface area contributed by atoms with Gasteiger partial charge in [-0.25, -0.2) is 0 Å². The summed E-state index contributed by atoms with van der Waals surface area (Å²) in [5.74, 6) is 0.247. The molecule has 0 spiro atoms. The van der Waals surface area contributed by atoms with Gasteiger partial charge in [0, 0.05) is 6.04 Å². The first kappa shape index (κ1) is 15.3. The van der Waals surface area contributed by atoms with E-state index in [-0.39, 0.29) is 23.7 Å². The van der Waals surface area contributed by atoms with E-state index in [2.05, 4.69) is 22.8 Å². The van der Waals surface area contributed by atoms with Gasteiger partial charge in [0.05, 0.1) is 5.41 Å². The van der Waals surface area contributed by atoms with Crippen LogP contribution < -0.4 is 10.6 Å². The van der Waals surface area contributed by atoms with Crippen LogP contribution in [0.15, 0.2) is 30.3 Å². The van der Waals surface area contributed by atoms with Crippen LogP contribution in [0.3, 0.4) is 0 Å². The van der Waals surface area contributed by atoms with Crippen molar-refractivity contribution in [3.8, 4) is 0 Å². The maximum Gasteiger partial charge on any atom is 0.230 e. The third kappa shape index (κ3) is 2.84. The van der Waals surface area contributed by atoms with E-state index in [1.807, 2.05) is 18.2 Å². The second-order valence-electron chi connectivity index (χ2n) is 5.80. The minimum Gasteiger partial charge on any atom is -0.353 e. The zero-order valence-corrected chi connectivity index (χ0v) is 12.5. The topological polar surface area (TPSA) is 41.1 Å². The second-order valence-corrected chi connectivity index (χ2v) is 5.80. The molecule has 1 aromatic carbocycles. The molecule has 1 aromatic rings. The lowest BCUT2D eigenvalue weighted by Gasteiger charge is -2.42. The molecule has 2 fully saturated rings. The van der Waals surface area contributed by atoms with Gasteiger partial charge in [-0.05, 0) is 44.3 Å². The zero-order chi connectivity index (χ0) is 13.1. The van der Waals surface area contributed by atoms with E-state index in [1.165, 1.54) is 5.56 Å². The molecule has 0 atom stereocenters. The molecule has 3 rings (SSSR count). The largest absolute Gasteiger partial charge is 0.353 e. The first-order valence-corrected chi connectivity index (χ1v) is 7.38. The van der Waals surface area contributed by atoms with Gasteiger partial charge < -0.3 is 10.6 Å². The minimum absolute atomic E-state index is 0. The van der Waals surface area contributed by atoms with E-state index in [0.29, 0.717) is 6.04 Å². The van der Waals surface area contributed by atoms with Crippen LogP contribution in [-0.2, 0) is 10.2 Å². The van der Waals surface area contributed by atoms with Gasteiger partial charge in [0.2, 0.25) is 5.91 Å². The number of hydrogen-bond acceptors (Lipinski definition) is 2. The summed E-state index contributed by atoms with van der Waals surface area (Å²) in [6.45, 7) is 2.03. The van der Waals surface area contributed by atoms with Crippen molar-refractivity contribution in [2.24, 2.45) is 0 Å². The van der Waals surface area contributed by atoms with Crippen LogP contribution in [-0.4, -0.2) is 25.0 Å². The van der Waals surface area contributed by atoms with Crippen molar-refractivity contribution in [1.29, 1.82) is 0 Å². The molecule has 1 saturated carbocycles. The standard InChI is InChI=1S/C16H22N2O.ClH/c19-15(18-14-7-11-17-12-8-14)16(9-4-10-16)13-5-2-1-3-6-13;/h1-3,5-6,14,17H,4,7-12H2,(H,18,19);1H. The molecule has 4 heteroatoms. The quantitative estimate of drug-likeness (QED) is 0.899. The highest BCUT2D eigenvalue weighted by Crippen LogP contribution is 2.44. The third-order valence-corrected chi connectivity index (χ3v) is 4.64. The van der Waals surface area contributed by atoms with E-state index in [9.17, 15) is 4.79 Å². The van der Waals surface area contributed by atoms with Crippen molar-refractivity contribution in [2.75, 3.05) is 13.1 Å². The SMILES string of the molecule is Cl.O=C(NC1CCNCC1)C1(c2ccccc2)CCC1. The van der Waals surface area contributed by atoms with Crippen molar-refractivity contribution in [3.05, 3.63) is 35.9 Å². The highest BCUT2D eigenvalue weighted by atomic mass is 35.5. The average molecular weight is 295 g/mol. The molecule has 0 radical (unpaired) electrons. The first-order chi connectivity index (χ1) is 9.31. The van der Waals surface area contributed by atoms with Crippen molar-refractivity contribution in [3.63, 3.8) is 0 Å². The molecule has 1 heterocycles. The van der Waals surface area contributed by atoms with Crippen LogP contribution in [0.25, 0.3) is 0 Å². The van der Waals surface area contributed by atoms with E-state index in [4.69, 9.17) is 0 Å². The Balaban J connectivity index is 0.00000147. The van der Waals surface area contributed by atoms with Gasteiger partial charge in [0.1, 0.15) is 0 Å². The van der Waals surface area contributed by atoms with Crippen LogP contribution in [0.2, 0.25) is 0 Å². The molecule has 0 bridgehead atoms. The molecular formula is C16H23ClN2O. The van der Waals surface area contributed by atoms with E-state index in [0.717, 1.165) is 45.2 Å². The Morgan fingerprint density at radius 3 is 2.35 bits per heavy atom. The molecule has 1 aliphatic heterocycles. The smallest absolute Gasteiger partial charge is 0.230 e. The first-order valence-electron chi connectivity index (χ1n) is 7.38. The fraction of sp³-hybridized carbons (Fsp3) is 0.562. The number of hydrogen-bond donors (Lipinski definition) is 2. The summed E-state index contributed by atoms with van der Waals surface area (Å²) in [7, 11) is 0. The zero-order valence-electron chi connectivity index (χ0n) is 11.7. The molecule has 3 nitrogen and oxygen atoms in total. The van der Waals surface area contributed by atoms with Gasteiger partial charge in [-0.2, -0.15) is 0 Å². The van der Waals surface area contributed by atoms with Gasteiger partial charge in [0.15, 0.2) is 0 Å². The monoisotopic (exact) mass is 294 g/mol. The van der Waals surface area contributed by atoms with Crippen LogP contribution >= 0.6 is 12.4 Å². The van der Waals surface area contributed by atoms with Gasteiger partial charge in [-0.1, -0.05) is 36.8 Å². The molecule has 1 aliphatic carbocycles. The summed E-state index contributed by atoms with van der Waals surface area (Å²) in [5.41, 5.74) is 0.944. The number of benzene rings is 1. The molecule has 0 aromatic heterocycles. The van der Waals surface area contributed by atoms with Gasteiger partial charge in [-0.3, -0.25) is 4.79 Å². The summed E-state index contributed by atoms with van der Waals surface area (Å²) < 4.78 is 0. The van der Waals surface area contributed by atoms with Crippen LogP contribution in [0.1, 0.15) is 37.7 Å². The number of amides is 1. The third-order valence-electron chi connectivity index (χ3n) is 4.64. The normalized spacial score (nSPS) is 21.4. The van der Waals surface area contributed by atoms with Crippen LogP contribution in [0, 0.1) is 0 Å². The van der Waals surface area contributed by atoms with E-state index >= 15 is 0 Å². The summed E-state index contributed by atoms with van der Waals surface area (Å²) in [4.78, 5) is 12.7. The summed E-state index contributed by atoms with van der Waals surface area (Å²) in [6, 6.07) is 10.6. The Hall–Kier alpha value is -1.06. The molecule has 20 heavy (non-hydrogen) atoms. The second kappa shape index (κ2) is 6.59. The Bertz CT molecular complexity index is 439. The number of carbonyl (C=O) groups is 1. The van der Waals surface area contributed by atoms with Crippen molar-refractivity contribution >= 4 is 18.3 Å². The Morgan fingerprint density at radius 1 is 1.15 bits per heavy atom. The number of piperidine rings is 1. The van der Waals surface area contributed by atoms with Gasteiger partial charge >= 0.3 is 0 Å². The van der Waals surface area contributed by atoms with Crippen molar-refractivity contribution in [2.45, 2.75) is 43.6 Å². The number of rotatable bonds is 3. The van der Waals surface area contributed by atoms with Crippen LogP contribution in [0.4, 0.5) is 0 Å². The number of halogens is 1. The van der Waals surface area contributed by atoms with E-state index < -0.39 is 0 Å². The summed E-state index contributed by atoms with van der Waals surface area (Å²) in [5, 5.41) is 6.62. The minimum atomic E-state index is -0.244. The molecule has 2 aliphatic rings. The fourth-order valence-corrected chi connectivity index (χ4v) is 3.22. The van der Waals surface area contributed by atoms with E-state index in [1.54, 1.807) is 0 Å². The van der Waals surface area contributed by atoms with Gasteiger partial charge in [-0.15, -0.1) is 12.4 Å². The molecular weight excluding hydrogens is 272 g/mol. The maximum absolute atomic E-state index is 12.7. The molecule has 1 amide bonds. The lowest BCUT2D eigenvalue weighted by atomic mass is 9.63. The lowest BCUT2D eigenvalue weighted by molar-refractivity contribution is -0.130. The molecule has 110 valence electrons. The predicted molar refractivity (Wildman–Crippen MR) is 83.3 cm³/mol. The average Bonchev–Trinajstić information content (AvgIpc) is 2.40. The number of nitrogens with one attached hydrogen (secondary N) is 2. The Morgan fingerprint density at radius 2 is 1.80 bits per heavy atom. The lowest BCUT2D eigenvalue weighted by Crippen LogP contribution is -2.53.